The van der Waals surface area contributed by atoms with Crippen LogP contribution in [0.25, 0.3) is 11.2 Å². The Bertz CT molecular complexity index is 858. The van der Waals surface area contributed by atoms with Gasteiger partial charge in [0.25, 0.3) is 5.56 Å². The zero-order chi connectivity index (χ0) is 13.4. The van der Waals surface area contributed by atoms with Gasteiger partial charge in [0.15, 0.2) is 5.65 Å². The summed E-state index contributed by atoms with van der Waals surface area (Å²) in [6.07, 6.45) is 0.501. The SMILES string of the molecule is Nc1cccc(Cc2nc3[nH]c(=O)[nH]c(=O)c3[nH]2)c1. The molecule has 0 aliphatic rings. The largest absolute Gasteiger partial charge is 0.399 e. The summed E-state index contributed by atoms with van der Waals surface area (Å²) in [5, 5.41) is 0. The highest BCUT2D eigenvalue weighted by molar-refractivity contribution is 5.68. The van der Waals surface area contributed by atoms with Crippen molar-refractivity contribution in [3.63, 3.8) is 0 Å². The number of benzene rings is 1. The molecule has 0 spiro atoms. The van der Waals surface area contributed by atoms with Gasteiger partial charge in [0.1, 0.15) is 11.3 Å². The molecule has 0 aliphatic carbocycles. The standard InChI is InChI=1S/C12H11N5O2/c13-7-3-1-2-6(4-7)5-8-14-9-10(15-8)16-12(19)17-11(9)18/h1-4H,5,13H2,(H3,14,15,16,17,18,19). The molecule has 3 rings (SSSR count). The second-order valence-corrected chi connectivity index (χ2v) is 4.24. The van der Waals surface area contributed by atoms with Gasteiger partial charge >= 0.3 is 5.69 Å². The second kappa shape index (κ2) is 4.13. The van der Waals surface area contributed by atoms with E-state index in [9.17, 15) is 9.59 Å². The van der Waals surface area contributed by atoms with Crippen LogP contribution < -0.4 is 17.0 Å². The van der Waals surface area contributed by atoms with Crippen molar-refractivity contribution in [1.29, 1.82) is 0 Å². The maximum atomic E-state index is 11.6. The van der Waals surface area contributed by atoms with E-state index < -0.39 is 11.2 Å². The van der Waals surface area contributed by atoms with Crippen LogP contribution in [0.4, 0.5) is 5.69 Å². The van der Waals surface area contributed by atoms with E-state index in [1.54, 1.807) is 6.07 Å². The molecule has 0 atom stereocenters. The Kier molecular flexibility index (Phi) is 2.45. The summed E-state index contributed by atoms with van der Waals surface area (Å²) in [7, 11) is 0. The molecule has 7 nitrogen and oxygen atoms in total. The Hall–Kier alpha value is -2.83. The van der Waals surface area contributed by atoms with E-state index in [2.05, 4.69) is 19.9 Å². The summed E-state index contributed by atoms with van der Waals surface area (Å²) in [6.45, 7) is 0. The highest BCUT2D eigenvalue weighted by atomic mass is 16.2. The first kappa shape index (κ1) is 11.3. The predicted molar refractivity (Wildman–Crippen MR) is 71.0 cm³/mol. The Labute approximate surface area is 106 Å². The fourth-order valence-corrected chi connectivity index (χ4v) is 1.96. The molecule has 0 fully saturated rings. The molecule has 96 valence electrons. The third-order valence-corrected chi connectivity index (χ3v) is 2.76. The second-order valence-electron chi connectivity index (χ2n) is 4.24. The average molecular weight is 257 g/mol. The molecular formula is C12H11N5O2. The lowest BCUT2D eigenvalue weighted by Crippen LogP contribution is -2.21. The summed E-state index contributed by atoms with van der Waals surface area (Å²) < 4.78 is 0. The molecule has 3 aromatic rings. The van der Waals surface area contributed by atoms with E-state index in [4.69, 9.17) is 5.73 Å². The van der Waals surface area contributed by atoms with Crippen molar-refractivity contribution in [2.45, 2.75) is 6.42 Å². The maximum absolute atomic E-state index is 11.6. The lowest BCUT2D eigenvalue weighted by atomic mass is 10.1. The van der Waals surface area contributed by atoms with Gasteiger partial charge in [-0.15, -0.1) is 0 Å². The Morgan fingerprint density at radius 3 is 2.79 bits per heavy atom. The van der Waals surface area contributed by atoms with E-state index in [1.165, 1.54) is 0 Å². The van der Waals surface area contributed by atoms with Gasteiger partial charge < -0.3 is 10.7 Å². The lowest BCUT2D eigenvalue weighted by Gasteiger charge is -1.99. The van der Waals surface area contributed by atoms with Gasteiger partial charge in [-0.2, -0.15) is 0 Å². The van der Waals surface area contributed by atoms with Crippen LogP contribution in [0.3, 0.4) is 0 Å². The Morgan fingerprint density at radius 1 is 1.16 bits per heavy atom. The van der Waals surface area contributed by atoms with Gasteiger partial charge in [0.05, 0.1) is 0 Å². The molecule has 0 saturated heterocycles. The first-order valence-corrected chi connectivity index (χ1v) is 5.67. The number of nitrogens with two attached hydrogens (primary N) is 1. The quantitative estimate of drug-likeness (QED) is 0.487. The normalized spacial score (nSPS) is 10.9. The summed E-state index contributed by atoms with van der Waals surface area (Å²) in [4.78, 5) is 34.4. The van der Waals surface area contributed by atoms with E-state index in [1.807, 2.05) is 18.2 Å². The zero-order valence-electron chi connectivity index (χ0n) is 9.86. The monoisotopic (exact) mass is 257 g/mol. The highest BCUT2D eigenvalue weighted by Gasteiger charge is 2.08. The summed E-state index contributed by atoms with van der Waals surface area (Å²) >= 11 is 0. The van der Waals surface area contributed by atoms with Gasteiger partial charge in [-0.05, 0) is 17.7 Å². The van der Waals surface area contributed by atoms with Gasteiger partial charge in [-0.3, -0.25) is 14.8 Å². The predicted octanol–water partition coefficient (Wildman–Crippen LogP) is 0.112. The van der Waals surface area contributed by atoms with Crippen molar-refractivity contribution in [2.75, 3.05) is 5.73 Å². The fourth-order valence-electron chi connectivity index (χ4n) is 1.96. The molecule has 0 amide bonds. The number of aromatic amines is 3. The molecule has 0 bridgehead atoms. The molecular weight excluding hydrogens is 246 g/mol. The highest BCUT2D eigenvalue weighted by Crippen LogP contribution is 2.11. The number of aromatic nitrogens is 4. The van der Waals surface area contributed by atoms with Crippen LogP contribution in [0.5, 0.6) is 0 Å². The lowest BCUT2D eigenvalue weighted by molar-refractivity contribution is 1.03. The number of nitrogen functional groups attached to an aromatic ring is 1. The van der Waals surface area contributed by atoms with Crippen LogP contribution in [-0.4, -0.2) is 19.9 Å². The van der Waals surface area contributed by atoms with Crippen molar-refractivity contribution in [1.82, 2.24) is 19.9 Å². The van der Waals surface area contributed by atoms with Crippen LogP contribution >= 0.6 is 0 Å². The molecule has 7 heteroatoms. The van der Waals surface area contributed by atoms with Crippen LogP contribution in [0.1, 0.15) is 11.4 Å². The Balaban J connectivity index is 2.05. The van der Waals surface area contributed by atoms with Crippen molar-refractivity contribution in [3.05, 3.63) is 56.5 Å². The molecule has 0 saturated carbocycles. The molecule has 2 heterocycles. The van der Waals surface area contributed by atoms with Gasteiger partial charge in [0, 0.05) is 12.1 Å². The summed E-state index contributed by atoms with van der Waals surface area (Å²) in [5.41, 5.74) is 6.80. The van der Waals surface area contributed by atoms with E-state index in [0.29, 0.717) is 17.9 Å². The first-order valence-electron chi connectivity index (χ1n) is 5.67. The van der Waals surface area contributed by atoms with Gasteiger partial charge in [-0.1, -0.05) is 12.1 Å². The van der Waals surface area contributed by atoms with E-state index in [0.717, 1.165) is 5.56 Å². The van der Waals surface area contributed by atoms with Crippen molar-refractivity contribution < 1.29 is 0 Å². The Morgan fingerprint density at radius 2 is 2.00 bits per heavy atom. The first-order chi connectivity index (χ1) is 9.11. The number of hydrogen-bond donors (Lipinski definition) is 4. The number of fused-ring (bicyclic) bond motifs is 1. The molecule has 1 aromatic carbocycles. The van der Waals surface area contributed by atoms with Crippen LogP contribution in [0.2, 0.25) is 0 Å². The molecule has 5 N–H and O–H groups in total. The number of nitrogens with one attached hydrogen (secondary N) is 3. The number of anilines is 1. The number of H-pyrrole nitrogens is 3. The zero-order valence-corrected chi connectivity index (χ0v) is 9.86. The van der Waals surface area contributed by atoms with Crippen molar-refractivity contribution in [2.24, 2.45) is 0 Å². The minimum absolute atomic E-state index is 0.257. The van der Waals surface area contributed by atoms with E-state index >= 15 is 0 Å². The van der Waals surface area contributed by atoms with E-state index in [-0.39, 0.29) is 11.2 Å². The molecule has 2 aromatic heterocycles. The van der Waals surface area contributed by atoms with Crippen LogP contribution in [-0.2, 0) is 6.42 Å². The molecule has 0 radical (unpaired) electrons. The third kappa shape index (κ3) is 2.13. The van der Waals surface area contributed by atoms with Crippen molar-refractivity contribution in [3.8, 4) is 0 Å². The summed E-state index contributed by atoms with van der Waals surface area (Å²) in [5.74, 6) is 0.591. The molecule has 19 heavy (non-hydrogen) atoms. The number of hydrogen-bond acceptors (Lipinski definition) is 4. The van der Waals surface area contributed by atoms with Crippen LogP contribution in [0, 0.1) is 0 Å². The molecule has 0 unspecified atom stereocenters. The number of imidazole rings is 1. The molecule has 0 aliphatic heterocycles. The summed E-state index contributed by atoms with van der Waals surface area (Å²) in [6, 6.07) is 7.39. The third-order valence-electron chi connectivity index (χ3n) is 2.76. The number of rotatable bonds is 2. The van der Waals surface area contributed by atoms with Gasteiger partial charge in [0.2, 0.25) is 0 Å². The topological polar surface area (TPSA) is 120 Å². The smallest absolute Gasteiger partial charge is 0.327 e. The minimum atomic E-state index is -0.570. The van der Waals surface area contributed by atoms with Crippen LogP contribution in [0.15, 0.2) is 33.9 Å². The average Bonchev–Trinajstić information content (AvgIpc) is 2.71. The fraction of sp³-hybridized carbons (Fsp3) is 0.0833. The number of nitrogens with zero attached hydrogens (tertiary/aromatic N) is 1. The van der Waals surface area contributed by atoms with Crippen molar-refractivity contribution >= 4 is 16.9 Å². The minimum Gasteiger partial charge on any atom is -0.399 e. The van der Waals surface area contributed by atoms with Gasteiger partial charge in [-0.25, -0.2) is 9.78 Å². The maximum Gasteiger partial charge on any atom is 0.327 e.